The van der Waals surface area contributed by atoms with Crippen molar-refractivity contribution in [2.75, 3.05) is 13.7 Å². The Hall–Kier alpha value is -0.810. The number of hydrogen-bond donors (Lipinski definition) is 1. The third-order valence-corrected chi connectivity index (χ3v) is 2.23. The fourth-order valence-corrected chi connectivity index (χ4v) is 1.29. The maximum atomic E-state index is 10.8. The van der Waals surface area contributed by atoms with E-state index in [1.165, 1.54) is 7.11 Å². The van der Waals surface area contributed by atoms with Gasteiger partial charge in [0.1, 0.15) is 5.76 Å². The van der Waals surface area contributed by atoms with Gasteiger partial charge in [-0.2, -0.15) is 0 Å². The Morgan fingerprint density at radius 1 is 1.71 bits per heavy atom. The van der Waals surface area contributed by atoms with E-state index in [0.29, 0.717) is 4.67 Å². The standard InChI is InChI=1S/C9H12BrNO3/c1-6(11-5-9(12)13-2)7-3-4-8(10)14-7/h3-4,6,11H,5H2,1-2H3. The van der Waals surface area contributed by atoms with Crippen LogP contribution in [0.25, 0.3) is 0 Å². The second kappa shape index (κ2) is 5.17. The van der Waals surface area contributed by atoms with Crippen LogP contribution in [-0.2, 0) is 9.53 Å². The van der Waals surface area contributed by atoms with Gasteiger partial charge in [-0.15, -0.1) is 0 Å². The second-order valence-electron chi connectivity index (χ2n) is 2.82. The van der Waals surface area contributed by atoms with Crippen LogP contribution in [0, 0.1) is 0 Å². The van der Waals surface area contributed by atoms with Crippen LogP contribution >= 0.6 is 15.9 Å². The number of halogens is 1. The van der Waals surface area contributed by atoms with Crippen LogP contribution in [0.1, 0.15) is 18.7 Å². The summed E-state index contributed by atoms with van der Waals surface area (Å²) in [4.78, 5) is 10.8. The number of esters is 1. The van der Waals surface area contributed by atoms with Crippen LogP contribution in [0.4, 0.5) is 0 Å². The molecule has 0 aliphatic heterocycles. The molecule has 1 atom stereocenters. The summed E-state index contributed by atoms with van der Waals surface area (Å²) >= 11 is 3.21. The predicted octanol–water partition coefficient (Wildman–Crippen LogP) is 1.87. The zero-order valence-electron chi connectivity index (χ0n) is 8.04. The summed E-state index contributed by atoms with van der Waals surface area (Å²) < 4.78 is 10.5. The molecule has 0 radical (unpaired) electrons. The molecule has 1 aromatic rings. The Labute approximate surface area is 90.7 Å². The molecule has 0 saturated heterocycles. The minimum atomic E-state index is -0.289. The van der Waals surface area contributed by atoms with Crippen LogP contribution < -0.4 is 5.32 Å². The molecule has 0 aliphatic carbocycles. The summed E-state index contributed by atoms with van der Waals surface area (Å²) in [6.45, 7) is 2.09. The van der Waals surface area contributed by atoms with Crippen LogP contribution in [0.3, 0.4) is 0 Å². The average Bonchev–Trinajstić information content (AvgIpc) is 2.60. The molecule has 0 spiro atoms. The Morgan fingerprint density at radius 2 is 2.43 bits per heavy atom. The Balaban J connectivity index is 2.42. The van der Waals surface area contributed by atoms with Gasteiger partial charge in [-0.05, 0) is 35.0 Å². The highest BCUT2D eigenvalue weighted by atomic mass is 79.9. The largest absolute Gasteiger partial charge is 0.468 e. The smallest absolute Gasteiger partial charge is 0.319 e. The van der Waals surface area contributed by atoms with Gasteiger partial charge in [0.25, 0.3) is 0 Å². The molecule has 1 heterocycles. The lowest BCUT2D eigenvalue weighted by atomic mass is 10.2. The summed E-state index contributed by atoms with van der Waals surface area (Å²) in [5.41, 5.74) is 0. The number of nitrogens with one attached hydrogen (secondary N) is 1. The van der Waals surface area contributed by atoms with Crippen molar-refractivity contribution in [1.29, 1.82) is 0 Å². The average molecular weight is 262 g/mol. The highest BCUT2D eigenvalue weighted by molar-refractivity contribution is 9.10. The van der Waals surface area contributed by atoms with Crippen LogP contribution in [0.2, 0.25) is 0 Å². The summed E-state index contributed by atoms with van der Waals surface area (Å²) in [5, 5.41) is 2.97. The Bertz CT molecular complexity index is 311. The molecule has 1 aromatic heterocycles. The molecule has 0 saturated carbocycles. The molecule has 0 aliphatic rings. The summed E-state index contributed by atoms with van der Waals surface area (Å²) in [6.07, 6.45) is 0. The minimum Gasteiger partial charge on any atom is -0.468 e. The normalized spacial score (nSPS) is 12.5. The van der Waals surface area contributed by atoms with Crippen molar-refractivity contribution in [1.82, 2.24) is 5.32 Å². The van der Waals surface area contributed by atoms with Crippen molar-refractivity contribution in [3.05, 3.63) is 22.6 Å². The molecule has 1 rings (SSSR count). The van der Waals surface area contributed by atoms with Gasteiger partial charge in [-0.25, -0.2) is 0 Å². The van der Waals surface area contributed by atoms with Gasteiger partial charge >= 0.3 is 5.97 Å². The van der Waals surface area contributed by atoms with Crippen LogP contribution in [0.15, 0.2) is 21.2 Å². The minimum absolute atomic E-state index is 0.0135. The molecular formula is C9H12BrNO3. The number of carbonyl (C=O) groups excluding carboxylic acids is 1. The van der Waals surface area contributed by atoms with Crippen molar-refractivity contribution >= 4 is 21.9 Å². The zero-order valence-corrected chi connectivity index (χ0v) is 9.63. The van der Waals surface area contributed by atoms with E-state index >= 15 is 0 Å². The molecule has 78 valence electrons. The molecule has 5 heteroatoms. The lowest BCUT2D eigenvalue weighted by Gasteiger charge is -2.09. The van der Waals surface area contributed by atoms with E-state index in [9.17, 15) is 4.79 Å². The summed E-state index contributed by atoms with van der Waals surface area (Å²) in [5.74, 6) is 0.489. The van der Waals surface area contributed by atoms with Crippen molar-refractivity contribution in [2.45, 2.75) is 13.0 Å². The predicted molar refractivity (Wildman–Crippen MR) is 54.8 cm³/mol. The van der Waals surface area contributed by atoms with Crippen molar-refractivity contribution in [3.63, 3.8) is 0 Å². The van der Waals surface area contributed by atoms with E-state index < -0.39 is 0 Å². The fourth-order valence-electron chi connectivity index (χ4n) is 0.970. The van der Waals surface area contributed by atoms with E-state index in [4.69, 9.17) is 4.42 Å². The molecule has 0 fully saturated rings. The maximum Gasteiger partial charge on any atom is 0.319 e. The third kappa shape index (κ3) is 3.16. The number of furan rings is 1. The molecule has 1 N–H and O–H groups in total. The SMILES string of the molecule is COC(=O)CNC(C)c1ccc(Br)o1. The molecule has 0 aromatic carbocycles. The highest BCUT2D eigenvalue weighted by Crippen LogP contribution is 2.19. The van der Waals surface area contributed by atoms with Gasteiger partial charge in [-0.3, -0.25) is 10.1 Å². The third-order valence-electron chi connectivity index (χ3n) is 1.80. The number of ether oxygens (including phenoxy) is 1. The Kier molecular flexibility index (Phi) is 4.16. The number of hydrogen-bond acceptors (Lipinski definition) is 4. The number of rotatable bonds is 4. The lowest BCUT2D eigenvalue weighted by Crippen LogP contribution is -2.26. The van der Waals surface area contributed by atoms with E-state index in [-0.39, 0.29) is 18.6 Å². The highest BCUT2D eigenvalue weighted by Gasteiger charge is 2.10. The monoisotopic (exact) mass is 261 g/mol. The van der Waals surface area contributed by atoms with Crippen molar-refractivity contribution < 1.29 is 13.9 Å². The number of carbonyl (C=O) groups is 1. The first-order valence-corrected chi connectivity index (χ1v) is 4.98. The van der Waals surface area contributed by atoms with Gasteiger partial charge in [0.15, 0.2) is 4.67 Å². The van der Waals surface area contributed by atoms with Gasteiger partial charge < -0.3 is 9.15 Å². The molecular weight excluding hydrogens is 250 g/mol. The first-order chi connectivity index (χ1) is 6.63. The molecule has 1 unspecified atom stereocenters. The zero-order chi connectivity index (χ0) is 10.6. The van der Waals surface area contributed by atoms with Gasteiger partial charge in [-0.1, -0.05) is 0 Å². The molecule has 0 amide bonds. The van der Waals surface area contributed by atoms with E-state index in [0.717, 1.165) is 5.76 Å². The quantitative estimate of drug-likeness (QED) is 0.841. The van der Waals surface area contributed by atoms with Crippen LogP contribution in [-0.4, -0.2) is 19.6 Å². The lowest BCUT2D eigenvalue weighted by molar-refractivity contribution is -0.139. The topological polar surface area (TPSA) is 51.5 Å². The van der Waals surface area contributed by atoms with E-state index in [1.807, 2.05) is 19.1 Å². The van der Waals surface area contributed by atoms with Crippen molar-refractivity contribution in [2.24, 2.45) is 0 Å². The van der Waals surface area contributed by atoms with Gasteiger partial charge in [0, 0.05) is 0 Å². The fraction of sp³-hybridized carbons (Fsp3) is 0.444. The Morgan fingerprint density at radius 3 is 2.93 bits per heavy atom. The molecule has 14 heavy (non-hydrogen) atoms. The second-order valence-corrected chi connectivity index (χ2v) is 3.60. The van der Waals surface area contributed by atoms with Gasteiger partial charge in [0.2, 0.25) is 0 Å². The molecule has 0 bridgehead atoms. The molecule has 4 nitrogen and oxygen atoms in total. The first-order valence-electron chi connectivity index (χ1n) is 4.19. The number of methoxy groups -OCH3 is 1. The summed E-state index contributed by atoms with van der Waals surface area (Å²) in [7, 11) is 1.36. The van der Waals surface area contributed by atoms with E-state index in [1.54, 1.807) is 0 Å². The van der Waals surface area contributed by atoms with Gasteiger partial charge in [0.05, 0.1) is 19.7 Å². The van der Waals surface area contributed by atoms with E-state index in [2.05, 4.69) is 26.0 Å². The van der Waals surface area contributed by atoms with Crippen molar-refractivity contribution in [3.8, 4) is 0 Å². The maximum absolute atomic E-state index is 10.8. The summed E-state index contributed by atoms with van der Waals surface area (Å²) in [6, 6.07) is 3.64. The van der Waals surface area contributed by atoms with Crippen LogP contribution in [0.5, 0.6) is 0 Å². The first kappa shape index (κ1) is 11.3.